The van der Waals surface area contributed by atoms with Crippen molar-refractivity contribution in [1.29, 1.82) is 0 Å². The molecule has 3 rings (SSSR count). The normalized spacial score (nSPS) is 11.1. The first-order valence-electron chi connectivity index (χ1n) is 6.67. The topological polar surface area (TPSA) is 58.3 Å². The zero-order valence-corrected chi connectivity index (χ0v) is 14.3. The number of hydrogen-bond acceptors (Lipinski definition) is 3. The molecule has 0 aliphatic rings. The number of aromatic nitrogens is 1. The molecule has 1 aromatic heterocycles. The van der Waals surface area contributed by atoms with E-state index in [1.807, 2.05) is 18.3 Å². The molecule has 6 heteroatoms. The number of aryl methyl sites for hydroxylation is 3. The van der Waals surface area contributed by atoms with Crippen molar-refractivity contribution in [3.63, 3.8) is 0 Å². The number of hydrogen-bond donors (Lipinski definition) is 1. The number of thiazole rings is 1. The Kier molecular flexibility index (Phi) is 4.95. The number of fused-ring (bicyclic) bond motifs is 1. The van der Waals surface area contributed by atoms with E-state index in [4.69, 9.17) is 4.55 Å². The van der Waals surface area contributed by atoms with Crippen LogP contribution in [0.1, 0.15) is 10.6 Å². The van der Waals surface area contributed by atoms with E-state index < -0.39 is 10.1 Å². The monoisotopic (exact) mass is 336 g/mol. The summed E-state index contributed by atoms with van der Waals surface area (Å²) in [5.74, 6) is 0. The summed E-state index contributed by atoms with van der Waals surface area (Å²) in [7, 11) is -1.91. The van der Waals surface area contributed by atoms with Gasteiger partial charge in [0.15, 0.2) is 0 Å². The molecule has 2 aromatic carbocycles. The minimum absolute atomic E-state index is 0.0666. The lowest BCUT2D eigenvalue weighted by Gasteiger charge is -1.95. The molecule has 116 valence electrons. The Labute approximate surface area is 134 Å². The molecule has 0 spiro atoms. The van der Waals surface area contributed by atoms with E-state index in [2.05, 4.69) is 42.8 Å². The third-order valence-corrected chi connectivity index (χ3v) is 5.28. The lowest BCUT2D eigenvalue weighted by Crippen LogP contribution is -2.28. The second-order valence-corrected chi connectivity index (χ2v) is 7.59. The van der Waals surface area contributed by atoms with E-state index >= 15 is 0 Å². The van der Waals surface area contributed by atoms with Gasteiger partial charge in [0.05, 0.1) is 4.90 Å². The fourth-order valence-corrected chi connectivity index (χ4v) is 3.42. The van der Waals surface area contributed by atoms with Crippen LogP contribution < -0.4 is 4.57 Å². The third kappa shape index (κ3) is 3.91. The van der Waals surface area contributed by atoms with Gasteiger partial charge in [-0.25, -0.2) is 0 Å². The summed E-state index contributed by atoms with van der Waals surface area (Å²) < 4.78 is 33.1. The Balaban J connectivity index is 0.000000160. The zero-order valence-electron chi connectivity index (χ0n) is 12.6. The van der Waals surface area contributed by atoms with Gasteiger partial charge in [-0.05, 0) is 25.1 Å². The number of nitrogens with zero attached hydrogens (tertiary/aromatic N) is 1. The maximum Gasteiger partial charge on any atom is 0.294 e. The molecule has 0 bridgehead atoms. The SMILES string of the molecule is Cc1ccc(S(=O)(=O)O)cc1.Cc1sc2ccccc2[n+]1C. The molecular weight excluding hydrogens is 318 g/mol. The van der Waals surface area contributed by atoms with Gasteiger partial charge >= 0.3 is 0 Å². The second kappa shape index (κ2) is 6.56. The van der Waals surface area contributed by atoms with Gasteiger partial charge in [0, 0.05) is 13.0 Å². The summed E-state index contributed by atoms with van der Waals surface area (Å²) >= 11 is 1.84. The van der Waals surface area contributed by atoms with Crippen LogP contribution in [0.3, 0.4) is 0 Å². The van der Waals surface area contributed by atoms with E-state index in [1.54, 1.807) is 12.1 Å². The summed E-state index contributed by atoms with van der Waals surface area (Å²) in [6, 6.07) is 14.5. The summed E-state index contributed by atoms with van der Waals surface area (Å²) in [4.78, 5) is -0.0666. The molecule has 0 fully saturated rings. The zero-order chi connectivity index (χ0) is 16.3. The van der Waals surface area contributed by atoms with Crippen molar-refractivity contribution in [2.45, 2.75) is 18.7 Å². The Hall–Kier alpha value is -1.76. The van der Waals surface area contributed by atoms with Crippen molar-refractivity contribution >= 4 is 31.7 Å². The molecule has 0 aliphatic carbocycles. The van der Waals surface area contributed by atoms with Gasteiger partial charge in [-0.2, -0.15) is 13.0 Å². The van der Waals surface area contributed by atoms with Crippen LogP contribution in [0, 0.1) is 13.8 Å². The minimum Gasteiger partial charge on any atom is -0.282 e. The molecular formula is C16H18NO3S2+. The lowest BCUT2D eigenvalue weighted by molar-refractivity contribution is -0.646. The van der Waals surface area contributed by atoms with Crippen LogP contribution in [-0.2, 0) is 17.2 Å². The fraction of sp³-hybridized carbons (Fsp3) is 0.188. The molecule has 0 aliphatic heterocycles. The maximum atomic E-state index is 10.5. The average Bonchev–Trinajstić information content (AvgIpc) is 2.75. The van der Waals surface area contributed by atoms with E-state index in [9.17, 15) is 8.42 Å². The van der Waals surface area contributed by atoms with Crippen molar-refractivity contribution in [2.75, 3.05) is 0 Å². The number of rotatable bonds is 1. The summed E-state index contributed by atoms with van der Waals surface area (Å²) in [5, 5.41) is 1.35. The quantitative estimate of drug-likeness (QED) is 0.548. The molecule has 0 saturated carbocycles. The van der Waals surface area contributed by atoms with Crippen LogP contribution in [0.2, 0.25) is 0 Å². The van der Waals surface area contributed by atoms with Gasteiger partial charge < -0.3 is 0 Å². The largest absolute Gasteiger partial charge is 0.294 e. The highest BCUT2D eigenvalue weighted by Crippen LogP contribution is 2.18. The molecule has 0 atom stereocenters. The van der Waals surface area contributed by atoms with Gasteiger partial charge in [-0.1, -0.05) is 41.2 Å². The predicted molar refractivity (Wildman–Crippen MR) is 88.7 cm³/mol. The number of benzene rings is 2. The van der Waals surface area contributed by atoms with Crippen molar-refractivity contribution < 1.29 is 17.5 Å². The molecule has 3 aromatic rings. The Morgan fingerprint density at radius 3 is 2.14 bits per heavy atom. The van der Waals surface area contributed by atoms with E-state index in [-0.39, 0.29) is 4.90 Å². The van der Waals surface area contributed by atoms with Crippen molar-refractivity contribution in [3.8, 4) is 0 Å². The van der Waals surface area contributed by atoms with Crippen LogP contribution >= 0.6 is 11.3 Å². The first-order chi connectivity index (χ1) is 10.3. The molecule has 4 nitrogen and oxygen atoms in total. The lowest BCUT2D eigenvalue weighted by atomic mass is 10.2. The van der Waals surface area contributed by atoms with Crippen LogP contribution in [0.4, 0.5) is 0 Å². The highest BCUT2D eigenvalue weighted by Gasteiger charge is 2.10. The molecule has 0 saturated heterocycles. The van der Waals surface area contributed by atoms with Gasteiger partial charge in [0.1, 0.15) is 11.7 Å². The molecule has 22 heavy (non-hydrogen) atoms. The number of para-hydroxylation sites is 1. The molecule has 0 unspecified atom stereocenters. The first kappa shape index (κ1) is 16.6. The van der Waals surface area contributed by atoms with Crippen LogP contribution in [0.25, 0.3) is 10.2 Å². The smallest absolute Gasteiger partial charge is 0.282 e. The predicted octanol–water partition coefficient (Wildman–Crippen LogP) is 3.28. The minimum atomic E-state index is -4.02. The highest BCUT2D eigenvalue weighted by atomic mass is 32.2. The second-order valence-electron chi connectivity index (χ2n) is 4.94. The van der Waals surface area contributed by atoms with Crippen LogP contribution in [0.15, 0.2) is 53.4 Å². The van der Waals surface area contributed by atoms with Crippen molar-refractivity contribution in [1.82, 2.24) is 0 Å². The van der Waals surface area contributed by atoms with Crippen molar-refractivity contribution in [2.24, 2.45) is 7.05 Å². The molecule has 1 heterocycles. The molecule has 0 amide bonds. The summed E-state index contributed by atoms with van der Waals surface area (Å²) in [6.45, 7) is 3.98. The van der Waals surface area contributed by atoms with Gasteiger partial charge in [0.25, 0.3) is 10.1 Å². The van der Waals surface area contributed by atoms with E-state index in [0.717, 1.165) is 5.56 Å². The van der Waals surface area contributed by atoms with Crippen molar-refractivity contribution in [3.05, 3.63) is 59.1 Å². The van der Waals surface area contributed by atoms with Gasteiger partial charge in [0.2, 0.25) is 10.5 Å². The Bertz CT molecular complexity index is 881. The van der Waals surface area contributed by atoms with Gasteiger partial charge in [-0.3, -0.25) is 4.55 Å². The Morgan fingerprint density at radius 1 is 1.00 bits per heavy atom. The maximum absolute atomic E-state index is 10.5. The third-order valence-electron chi connectivity index (χ3n) is 3.28. The fourth-order valence-electron chi connectivity index (χ4n) is 1.93. The van der Waals surface area contributed by atoms with Gasteiger partial charge in [-0.15, -0.1) is 0 Å². The van der Waals surface area contributed by atoms with Crippen LogP contribution in [0.5, 0.6) is 0 Å². The summed E-state index contributed by atoms with van der Waals surface area (Å²) in [5.41, 5.74) is 2.28. The van der Waals surface area contributed by atoms with E-state index in [0.29, 0.717) is 0 Å². The van der Waals surface area contributed by atoms with Crippen LogP contribution in [-0.4, -0.2) is 13.0 Å². The highest BCUT2D eigenvalue weighted by molar-refractivity contribution is 7.85. The first-order valence-corrected chi connectivity index (χ1v) is 8.93. The van der Waals surface area contributed by atoms with E-state index in [1.165, 1.54) is 27.4 Å². The molecule has 0 radical (unpaired) electrons. The summed E-state index contributed by atoms with van der Waals surface area (Å²) in [6.07, 6.45) is 0. The average molecular weight is 336 g/mol. The Morgan fingerprint density at radius 2 is 1.59 bits per heavy atom. The standard InChI is InChI=1S/C9H10NS.C7H8O3S/c1-7-10(2)8-5-3-4-6-9(8)11-7;1-6-2-4-7(5-3-6)11(8,9)10/h3-6H,1-2H3;2-5H,1H3,(H,8,9,10)/q+1;. The molecule has 1 N–H and O–H groups in total.